The maximum atomic E-state index is 11.9. The zero-order chi connectivity index (χ0) is 30.3. The lowest BCUT2D eigenvalue weighted by atomic mass is 10.1. The molecule has 0 fully saturated rings. The number of hydrogen-bond donors (Lipinski definition) is 4. The van der Waals surface area contributed by atoms with Crippen LogP contribution in [0.3, 0.4) is 0 Å². The molecule has 1 aliphatic rings. The summed E-state index contributed by atoms with van der Waals surface area (Å²) < 4.78 is 2.60. The van der Waals surface area contributed by atoms with Crippen molar-refractivity contribution in [2.45, 2.75) is 33.4 Å². The molecule has 16 nitrogen and oxygen atoms in total. The van der Waals surface area contributed by atoms with Gasteiger partial charge in [-0.05, 0) is 13.8 Å². The Morgan fingerprint density at radius 1 is 0.857 bits per heavy atom. The number of aliphatic imine (C=N–C) groups is 1. The zero-order valence-electron chi connectivity index (χ0n) is 22.0. The Balaban J connectivity index is 0.000000240. The minimum atomic E-state index is -0.637. The molecule has 0 aromatic carbocycles. The second-order valence-corrected chi connectivity index (χ2v) is 8.61. The van der Waals surface area contributed by atoms with Crippen LogP contribution in [-0.2, 0) is 19.5 Å². The first-order chi connectivity index (χ1) is 19.5. The van der Waals surface area contributed by atoms with Crippen molar-refractivity contribution in [1.82, 2.24) is 39.0 Å². The molecule has 0 atom stereocenters. The number of halogens is 3. The molecule has 4 aromatic heterocycles. The van der Waals surface area contributed by atoms with Gasteiger partial charge in [0.05, 0.1) is 11.3 Å². The quantitative estimate of drug-likeness (QED) is 0.227. The van der Waals surface area contributed by atoms with Gasteiger partial charge in [0.2, 0.25) is 0 Å². The molecule has 222 valence electrons. The Hall–Kier alpha value is -4.67. The average Bonchev–Trinajstić information content (AvgIpc) is 3.39. The number of hydrogen-bond acceptors (Lipinski definition) is 12. The van der Waals surface area contributed by atoms with E-state index in [-0.39, 0.29) is 46.3 Å². The minimum Gasteiger partial charge on any atom is -0.391 e. The third-order valence-corrected chi connectivity index (χ3v) is 6.05. The molecule has 0 bridgehead atoms. The van der Waals surface area contributed by atoms with Gasteiger partial charge in [0, 0.05) is 44.3 Å². The lowest BCUT2D eigenvalue weighted by Crippen LogP contribution is -2.33. The van der Waals surface area contributed by atoms with Gasteiger partial charge < -0.3 is 11.5 Å². The van der Waals surface area contributed by atoms with Crippen molar-refractivity contribution in [2.24, 2.45) is 4.99 Å². The van der Waals surface area contributed by atoms with Crippen LogP contribution in [0.5, 0.6) is 0 Å². The molecular weight excluding hydrogens is 617 g/mol. The summed E-state index contributed by atoms with van der Waals surface area (Å²) in [6.45, 7) is 4.34. The molecule has 19 heteroatoms. The first kappa shape index (κ1) is 33.5. The van der Waals surface area contributed by atoms with Crippen molar-refractivity contribution < 1.29 is 4.79 Å². The SMILES string of the molecule is CCn1c(N)c(N)c(=O)[nH]c1=O.CCn1c2c(c(=O)[nH]c1=O)CC(c1nccnc1Cl)=N2.Cl.O=Cc1nccnc1Cl. The highest BCUT2D eigenvalue weighted by atomic mass is 35.5. The molecule has 0 radical (unpaired) electrons. The van der Waals surface area contributed by atoms with Crippen LogP contribution in [0.25, 0.3) is 0 Å². The summed E-state index contributed by atoms with van der Waals surface area (Å²) in [6, 6.07) is 0. The van der Waals surface area contributed by atoms with E-state index >= 15 is 0 Å². The number of H-pyrrole nitrogens is 2. The summed E-state index contributed by atoms with van der Waals surface area (Å²) in [7, 11) is 0. The number of anilines is 2. The largest absolute Gasteiger partial charge is 0.391 e. The lowest BCUT2D eigenvalue weighted by Gasteiger charge is -2.06. The number of aromatic nitrogens is 8. The predicted octanol–water partition coefficient (Wildman–Crippen LogP) is 0.762. The Kier molecular flexibility index (Phi) is 11.8. The third-order valence-electron chi connectivity index (χ3n) is 5.48. The molecule has 6 N–H and O–H groups in total. The highest BCUT2D eigenvalue weighted by molar-refractivity contribution is 6.33. The Morgan fingerprint density at radius 3 is 1.95 bits per heavy atom. The van der Waals surface area contributed by atoms with Crippen LogP contribution in [-0.4, -0.2) is 51.0 Å². The molecule has 0 unspecified atom stereocenters. The van der Waals surface area contributed by atoms with Crippen LogP contribution < -0.4 is 34.0 Å². The summed E-state index contributed by atoms with van der Waals surface area (Å²) in [5, 5.41) is 0.369. The molecule has 1 aliphatic heterocycles. The molecule has 0 spiro atoms. The standard InChI is InChI=1S/C12H10ClN5O2.C6H10N4O2.C5H3ClN2O.ClH/c1-2-18-10-6(11(19)17-12(18)20)5-7(16-10)8-9(13)15-4-3-14-8;1-2-10-4(8)3(7)5(11)9-6(10)12;6-5-4(3-9)7-1-2-8-5;/h3-4H,2,5H2,1H3,(H,17,19,20);2,7-8H2,1H3,(H,9,11,12);1-3H;1H. The lowest BCUT2D eigenvalue weighted by molar-refractivity contribution is 0.111. The van der Waals surface area contributed by atoms with Crippen molar-refractivity contribution >= 4 is 64.9 Å². The molecular formula is C23H24Cl3N11O5. The van der Waals surface area contributed by atoms with Gasteiger partial charge in [-0.15, -0.1) is 12.4 Å². The van der Waals surface area contributed by atoms with Crippen molar-refractivity contribution in [2.75, 3.05) is 11.5 Å². The topological polar surface area (TPSA) is 243 Å². The van der Waals surface area contributed by atoms with Crippen molar-refractivity contribution in [3.63, 3.8) is 0 Å². The van der Waals surface area contributed by atoms with Crippen LogP contribution in [0.1, 0.15) is 35.6 Å². The fraction of sp³-hybridized carbons (Fsp3) is 0.217. The number of nitrogen functional groups attached to an aromatic ring is 2. The maximum absolute atomic E-state index is 11.9. The van der Waals surface area contributed by atoms with E-state index in [2.05, 4.69) is 29.9 Å². The molecule has 4 aromatic rings. The van der Waals surface area contributed by atoms with Gasteiger partial charge in [0.1, 0.15) is 28.7 Å². The molecule has 0 saturated heterocycles. The molecule has 42 heavy (non-hydrogen) atoms. The molecule has 0 saturated carbocycles. The van der Waals surface area contributed by atoms with E-state index in [0.29, 0.717) is 42.2 Å². The van der Waals surface area contributed by atoms with E-state index in [1.54, 1.807) is 6.92 Å². The van der Waals surface area contributed by atoms with E-state index in [0.717, 1.165) is 0 Å². The van der Waals surface area contributed by atoms with Crippen LogP contribution in [0.2, 0.25) is 10.3 Å². The van der Waals surface area contributed by atoms with Crippen LogP contribution in [0.4, 0.5) is 17.3 Å². The van der Waals surface area contributed by atoms with Gasteiger partial charge in [0.15, 0.2) is 16.6 Å². The fourth-order valence-corrected chi connectivity index (χ4v) is 3.86. The Morgan fingerprint density at radius 2 is 1.40 bits per heavy atom. The highest BCUT2D eigenvalue weighted by Gasteiger charge is 2.25. The van der Waals surface area contributed by atoms with Crippen molar-refractivity contribution in [1.29, 1.82) is 0 Å². The number of fused-ring (bicyclic) bond motifs is 1. The van der Waals surface area contributed by atoms with Gasteiger partial charge in [-0.1, -0.05) is 23.2 Å². The number of rotatable bonds is 4. The minimum absolute atomic E-state index is 0. The fourth-order valence-electron chi connectivity index (χ4n) is 3.50. The van der Waals surface area contributed by atoms with E-state index in [1.807, 2.05) is 11.9 Å². The summed E-state index contributed by atoms with van der Waals surface area (Å²) in [5.41, 5.74) is 10.1. The van der Waals surface area contributed by atoms with Gasteiger partial charge in [-0.3, -0.25) is 38.5 Å². The van der Waals surface area contributed by atoms with Crippen LogP contribution in [0.15, 0.2) is 49.0 Å². The van der Waals surface area contributed by atoms with Gasteiger partial charge in [0.25, 0.3) is 11.1 Å². The monoisotopic (exact) mass is 639 g/mol. The molecule has 0 amide bonds. The number of nitrogens with two attached hydrogens (primary N) is 2. The Bertz CT molecular complexity index is 1860. The third kappa shape index (κ3) is 7.34. The molecule has 5 heterocycles. The second kappa shape index (κ2) is 14.8. The van der Waals surface area contributed by atoms with Crippen molar-refractivity contribution in [3.05, 3.63) is 93.7 Å². The van der Waals surface area contributed by atoms with Crippen LogP contribution in [0, 0.1) is 0 Å². The second-order valence-electron chi connectivity index (χ2n) is 7.89. The molecule has 5 rings (SSSR count). The zero-order valence-corrected chi connectivity index (χ0v) is 24.3. The summed E-state index contributed by atoms with van der Waals surface area (Å²) >= 11 is 11.4. The highest BCUT2D eigenvalue weighted by Crippen LogP contribution is 2.26. The van der Waals surface area contributed by atoms with E-state index in [4.69, 9.17) is 34.7 Å². The average molecular weight is 641 g/mol. The predicted molar refractivity (Wildman–Crippen MR) is 159 cm³/mol. The number of aromatic amines is 2. The van der Waals surface area contributed by atoms with Crippen molar-refractivity contribution in [3.8, 4) is 0 Å². The Labute approximate surface area is 251 Å². The number of carbonyl (C=O) groups is 1. The number of nitrogens with one attached hydrogen (secondary N) is 2. The molecule has 0 aliphatic carbocycles. The van der Waals surface area contributed by atoms with E-state index < -0.39 is 22.5 Å². The van der Waals surface area contributed by atoms with Crippen LogP contribution >= 0.6 is 35.6 Å². The number of carbonyl (C=O) groups excluding carboxylic acids is 1. The summed E-state index contributed by atoms with van der Waals surface area (Å²) in [4.78, 5) is 79.5. The smallest absolute Gasteiger partial charge is 0.330 e. The van der Waals surface area contributed by atoms with E-state index in [1.165, 1.54) is 33.9 Å². The van der Waals surface area contributed by atoms with Gasteiger partial charge >= 0.3 is 11.4 Å². The number of aldehydes is 1. The van der Waals surface area contributed by atoms with Gasteiger partial charge in [-0.2, -0.15) is 0 Å². The normalized spacial score (nSPS) is 11.1. The summed E-state index contributed by atoms with van der Waals surface area (Å²) in [5.74, 6) is 0.393. The van der Waals surface area contributed by atoms with Gasteiger partial charge in [-0.25, -0.2) is 29.5 Å². The summed E-state index contributed by atoms with van der Waals surface area (Å²) in [6.07, 6.45) is 6.66. The maximum Gasteiger partial charge on any atom is 0.330 e. The van der Waals surface area contributed by atoms with E-state index in [9.17, 15) is 24.0 Å². The number of nitrogens with zero attached hydrogens (tertiary/aromatic N) is 7. The first-order valence-corrected chi connectivity index (χ1v) is 12.5. The first-order valence-electron chi connectivity index (χ1n) is 11.7.